The number of aryl methyl sites for hydroxylation is 1. The van der Waals surface area contributed by atoms with Crippen LogP contribution in [0.25, 0.3) is 0 Å². The van der Waals surface area contributed by atoms with E-state index in [1.807, 2.05) is 4.57 Å². The Kier molecular flexibility index (Phi) is 6.30. The van der Waals surface area contributed by atoms with Gasteiger partial charge in [-0.15, -0.1) is 10.2 Å². The predicted molar refractivity (Wildman–Crippen MR) is 73.2 cm³/mol. The molecule has 0 aliphatic rings. The fourth-order valence-corrected chi connectivity index (χ4v) is 2.31. The smallest absolute Gasteiger partial charge is 0.313 e. The molecule has 19 heavy (non-hydrogen) atoms. The van der Waals surface area contributed by atoms with Gasteiger partial charge in [0.1, 0.15) is 5.82 Å². The van der Waals surface area contributed by atoms with Crippen LogP contribution in [0.15, 0.2) is 5.16 Å². The quantitative estimate of drug-likeness (QED) is 0.703. The van der Waals surface area contributed by atoms with Crippen LogP contribution < -0.4 is 0 Å². The molecular weight excluding hydrogens is 266 g/mol. The summed E-state index contributed by atoms with van der Waals surface area (Å²) in [6, 6.07) is 0. The molecule has 0 bridgehead atoms. The number of aliphatic hydroxyl groups excluding tert-OH is 1. The zero-order valence-corrected chi connectivity index (χ0v) is 12.4. The maximum Gasteiger partial charge on any atom is 0.313 e. The zero-order valence-electron chi connectivity index (χ0n) is 11.5. The second-order valence-corrected chi connectivity index (χ2v) is 5.92. The van der Waals surface area contributed by atoms with Crippen LogP contribution in [0.1, 0.15) is 33.0 Å². The molecule has 0 saturated heterocycles. The summed E-state index contributed by atoms with van der Waals surface area (Å²) in [7, 11) is 0. The van der Waals surface area contributed by atoms with Crippen LogP contribution in [-0.4, -0.2) is 42.8 Å². The van der Waals surface area contributed by atoms with Crippen molar-refractivity contribution < 1.29 is 15.0 Å². The molecule has 0 amide bonds. The van der Waals surface area contributed by atoms with Crippen LogP contribution in [0.2, 0.25) is 0 Å². The Bertz CT molecular complexity index is 418. The molecule has 1 aromatic heterocycles. The molecule has 0 spiro atoms. The average molecular weight is 287 g/mol. The van der Waals surface area contributed by atoms with E-state index in [9.17, 15) is 9.90 Å². The highest BCUT2D eigenvalue weighted by molar-refractivity contribution is 7.99. The summed E-state index contributed by atoms with van der Waals surface area (Å²) in [6.45, 7) is 6.67. The first-order chi connectivity index (χ1) is 8.90. The van der Waals surface area contributed by atoms with E-state index in [0.717, 1.165) is 12.4 Å². The lowest BCUT2D eigenvalue weighted by Gasteiger charge is -2.12. The third-order valence-corrected chi connectivity index (χ3v) is 3.40. The second-order valence-electron chi connectivity index (χ2n) is 4.97. The number of rotatable bonds is 8. The Balaban J connectivity index is 2.81. The molecule has 7 heteroatoms. The number of aliphatic carboxylic acids is 1. The van der Waals surface area contributed by atoms with Crippen molar-refractivity contribution in [3.63, 3.8) is 0 Å². The number of hydrogen-bond acceptors (Lipinski definition) is 5. The summed E-state index contributed by atoms with van der Waals surface area (Å²) in [5.41, 5.74) is 0. The molecule has 2 N–H and O–H groups in total. The Labute approximate surface area is 117 Å². The summed E-state index contributed by atoms with van der Waals surface area (Å²) >= 11 is 1.18. The largest absolute Gasteiger partial charge is 0.481 e. The standard InChI is InChI=1S/C12H21N3O3S/c1-8(2)6-15-10(5-4-9(3)16)13-14-12(15)19-7-11(17)18/h8-9,16H,4-7H2,1-3H3,(H,17,18). The zero-order chi connectivity index (χ0) is 14.4. The van der Waals surface area contributed by atoms with Crippen molar-refractivity contribution >= 4 is 17.7 Å². The third kappa shape index (κ3) is 5.61. The van der Waals surface area contributed by atoms with Crippen LogP contribution in [0.4, 0.5) is 0 Å². The van der Waals surface area contributed by atoms with Crippen molar-refractivity contribution in [3.05, 3.63) is 5.82 Å². The average Bonchev–Trinajstić information content (AvgIpc) is 2.65. The number of carbonyl (C=O) groups is 1. The first-order valence-electron chi connectivity index (χ1n) is 6.35. The molecule has 6 nitrogen and oxygen atoms in total. The van der Waals surface area contributed by atoms with Gasteiger partial charge in [0.15, 0.2) is 5.16 Å². The molecule has 1 unspecified atom stereocenters. The summed E-state index contributed by atoms with van der Waals surface area (Å²) in [6.07, 6.45) is 0.893. The van der Waals surface area contributed by atoms with Crippen LogP contribution in [0.5, 0.6) is 0 Å². The Morgan fingerprint density at radius 2 is 2.05 bits per heavy atom. The first-order valence-corrected chi connectivity index (χ1v) is 7.33. The number of carboxylic acid groups (broad SMARTS) is 1. The number of hydrogen-bond donors (Lipinski definition) is 2. The van der Waals surface area contributed by atoms with Crippen molar-refractivity contribution in [2.24, 2.45) is 5.92 Å². The lowest BCUT2D eigenvalue weighted by Crippen LogP contribution is -2.12. The number of nitrogens with zero attached hydrogens (tertiary/aromatic N) is 3. The lowest BCUT2D eigenvalue weighted by molar-refractivity contribution is -0.133. The van der Waals surface area contributed by atoms with E-state index in [1.54, 1.807) is 6.92 Å². The summed E-state index contributed by atoms with van der Waals surface area (Å²) in [5.74, 6) is 0.342. The van der Waals surface area contributed by atoms with Crippen molar-refractivity contribution in [2.45, 2.75) is 51.4 Å². The summed E-state index contributed by atoms with van der Waals surface area (Å²) in [5, 5.41) is 26.8. The van der Waals surface area contributed by atoms with E-state index in [1.165, 1.54) is 11.8 Å². The SMILES string of the molecule is CC(C)Cn1c(CCC(C)O)nnc1SCC(=O)O. The van der Waals surface area contributed by atoms with E-state index in [-0.39, 0.29) is 11.9 Å². The van der Waals surface area contributed by atoms with E-state index < -0.39 is 5.97 Å². The van der Waals surface area contributed by atoms with E-state index >= 15 is 0 Å². The van der Waals surface area contributed by atoms with E-state index in [4.69, 9.17) is 5.11 Å². The van der Waals surface area contributed by atoms with Crippen molar-refractivity contribution in [2.75, 3.05) is 5.75 Å². The first kappa shape index (κ1) is 16.0. The Hall–Kier alpha value is -1.08. The second kappa shape index (κ2) is 7.49. The van der Waals surface area contributed by atoms with Gasteiger partial charge in [-0.3, -0.25) is 4.79 Å². The van der Waals surface area contributed by atoms with Crippen molar-refractivity contribution in [1.82, 2.24) is 14.8 Å². The maximum absolute atomic E-state index is 10.6. The van der Waals surface area contributed by atoms with Crippen LogP contribution in [0, 0.1) is 5.92 Å². The molecule has 0 fully saturated rings. The fourth-order valence-electron chi connectivity index (χ4n) is 1.62. The Morgan fingerprint density at radius 3 is 2.58 bits per heavy atom. The number of thioether (sulfide) groups is 1. The molecule has 1 rings (SSSR count). The molecule has 1 atom stereocenters. The lowest BCUT2D eigenvalue weighted by atomic mass is 10.2. The van der Waals surface area contributed by atoms with E-state index in [2.05, 4.69) is 24.0 Å². The molecule has 108 valence electrons. The molecule has 0 aliphatic heterocycles. The van der Waals surface area contributed by atoms with Gasteiger partial charge in [-0.05, 0) is 19.3 Å². The van der Waals surface area contributed by atoms with Gasteiger partial charge >= 0.3 is 5.97 Å². The molecule has 1 heterocycles. The highest BCUT2D eigenvalue weighted by atomic mass is 32.2. The topological polar surface area (TPSA) is 88.2 Å². The number of aliphatic hydroxyl groups is 1. The van der Waals surface area contributed by atoms with Gasteiger partial charge in [0.05, 0.1) is 11.9 Å². The van der Waals surface area contributed by atoms with Crippen LogP contribution in [0.3, 0.4) is 0 Å². The predicted octanol–water partition coefficient (Wildman–Crippen LogP) is 1.42. The van der Waals surface area contributed by atoms with Crippen molar-refractivity contribution in [3.8, 4) is 0 Å². The molecule has 0 aliphatic carbocycles. The summed E-state index contributed by atoms with van der Waals surface area (Å²) in [4.78, 5) is 10.6. The van der Waals surface area contributed by atoms with Crippen LogP contribution >= 0.6 is 11.8 Å². The van der Waals surface area contributed by atoms with Gasteiger partial charge in [-0.2, -0.15) is 0 Å². The van der Waals surface area contributed by atoms with Gasteiger partial charge in [0, 0.05) is 13.0 Å². The maximum atomic E-state index is 10.6. The minimum absolute atomic E-state index is 0.0212. The minimum Gasteiger partial charge on any atom is -0.481 e. The van der Waals surface area contributed by atoms with E-state index in [0.29, 0.717) is 23.9 Å². The van der Waals surface area contributed by atoms with Gasteiger partial charge < -0.3 is 14.8 Å². The normalized spacial score (nSPS) is 12.9. The number of aromatic nitrogens is 3. The fraction of sp³-hybridized carbons (Fsp3) is 0.750. The number of carboxylic acids is 1. The summed E-state index contributed by atoms with van der Waals surface area (Å²) < 4.78 is 1.96. The molecule has 0 saturated carbocycles. The van der Waals surface area contributed by atoms with Gasteiger partial charge in [-0.1, -0.05) is 25.6 Å². The van der Waals surface area contributed by atoms with Crippen molar-refractivity contribution in [1.29, 1.82) is 0 Å². The molecule has 0 radical (unpaired) electrons. The Morgan fingerprint density at radius 1 is 1.37 bits per heavy atom. The van der Waals surface area contributed by atoms with Gasteiger partial charge in [-0.25, -0.2) is 0 Å². The highest BCUT2D eigenvalue weighted by Gasteiger charge is 2.15. The van der Waals surface area contributed by atoms with Gasteiger partial charge in [0.25, 0.3) is 0 Å². The highest BCUT2D eigenvalue weighted by Crippen LogP contribution is 2.19. The third-order valence-electron chi connectivity index (χ3n) is 2.45. The van der Waals surface area contributed by atoms with Gasteiger partial charge in [0.2, 0.25) is 0 Å². The molecule has 1 aromatic rings. The monoisotopic (exact) mass is 287 g/mol. The molecule has 0 aromatic carbocycles. The molecular formula is C12H21N3O3S. The van der Waals surface area contributed by atoms with Crippen LogP contribution in [-0.2, 0) is 17.8 Å². The minimum atomic E-state index is -0.866.